The molecule has 0 N–H and O–H groups in total. The molecule has 0 spiro atoms. The molecular formula is C23H16F2N4O2. The van der Waals surface area contributed by atoms with Crippen molar-refractivity contribution in [1.82, 2.24) is 9.55 Å². The van der Waals surface area contributed by atoms with E-state index in [2.05, 4.69) is 9.98 Å². The van der Waals surface area contributed by atoms with Crippen LogP contribution < -0.4 is 10.3 Å². The predicted octanol–water partition coefficient (Wildman–Crippen LogP) is 4.18. The lowest BCUT2D eigenvalue weighted by Gasteiger charge is -2.25. The van der Waals surface area contributed by atoms with Crippen LogP contribution >= 0.6 is 0 Å². The minimum Gasteiger partial charge on any atom is -0.485 e. The van der Waals surface area contributed by atoms with Crippen LogP contribution in [0.2, 0.25) is 0 Å². The van der Waals surface area contributed by atoms with E-state index in [0.29, 0.717) is 22.6 Å². The third kappa shape index (κ3) is 3.30. The Morgan fingerprint density at radius 2 is 2.10 bits per heavy atom. The number of hydrogen-bond acceptors (Lipinski definition) is 5. The summed E-state index contributed by atoms with van der Waals surface area (Å²) in [4.78, 5) is 21.7. The maximum absolute atomic E-state index is 14.3. The van der Waals surface area contributed by atoms with Crippen molar-refractivity contribution in [2.24, 2.45) is 4.99 Å². The van der Waals surface area contributed by atoms with Crippen molar-refractivity contribution in [2.45, 2.75) is 13.5 Å². The van der Waals surface area contributed by atoms with Gasteiger partial charge in [0.1, 0.15) is 35.8 Å². The van der Waals surface area contributed by atoms with Crippen LogP contribution in [-0.4, -0.2) is 22.8 Å². The first kappa shape index (κ1) is 20.2. The Bertz CT molecular complexity index is 1370. The molecule has 4 rings (SSSR count). The van der Waals surface area contributed by atoms with Gasteiger partial charge in [0, 0.05) is 36.0 Å². The van der Waals surface area contributed by atoms with E-state index in [1.807, 2.05) is 6.07 Å². The number of rotatable bonds is 3. The summed E-state index contributed by atoms with van der Waals surface area (Å²) >= 11 is 0. The molecule has 0 atom stereocenters. The average Bonchev–Trinajstić information content (AvgIpc) is 2.77. The summed E-state index contributed by atoms with van der Waals surface area (Å²) in [5, 5.41) is 9.48. The highest BCUT2D eigenvalue weighted by Crippen LogP contribution is 2.38. The van der Waals surface area contributed by atoms with Gasteiger partial charge in [0.05, 0.1) is 23.2 Å². The molecule has 0 saturated carbocycles. The van der Waals surface area contributed by atoms with Crippen molar-refractivity contribution in [1.29, 1.82) is 5.26 Å². The highest BCUT2D eigenvalue weighted by Gasteiger charge is 2.27. The minimum absolute atomic E-state index is 0.00780. The molecule has 0 amide bonds. The lowest BCUT2D eigenvalue weighted by Crippen LogP contribution is -2.28. The van der Waals surface area contributed by atoms with E-state index in [9.17, 15) is 18.8 Å². The first-order chi connectivity index (χ1) is 15.0. The molecule has 0 fully saturated rings. The van der Waals surface area contributed by atoms with Gasteiger partial charge in [-0.2, -0.15) is 5.26 Å². The maximum atomic E-state index is 14.3. The SMILES string of the molecule is C/C=C(\C=N/C)n1c2c(cc(-c3cccc(F)c3C#N)c1=O)-c1ncc(F)cc1OC2. The molecule has 0 bridgehead atoms. The van der Waals surface area contributed by atoms with Gasteiger partial charge in [0.2, 0.25) is 0 Å². The lowest BCUT2D eigenvalue weighted by atomic mass is 9.96. The number of halogens is 2. The predicted molar refractivity (Wildman–Crippen MR) is 113 cm³/mol. The van der Waals surface area contributed by atoms with Gasteiger partial charge in [-0.3, -0.25) is 14.4 Å². The van der Waals surface area contributed by atoms with Crippen molar-refractivity contribution in [3.05, 3.63) is 75.9 Å². The number of aliphatic imine (C=N–C) groups is 1. The van der Waals surface area contributed by atoms with Crippen molar-refractivity contribution >= 4 is 11.9 Å². The van der Waals surface area contributed by atoms with E-state index in [0.717, 1.165) is 12.3 Å². The quantitative estimate of drug-likeness (QED) is 0.598. The Hall–Kier alpha value is -4.12. The summed E-state index contributed by atoms with van der Waals surface area (Å²) in [7, 11) is 1.57. The third-order valence-electron chi connectivity index (χ3n) is 4.97. The fourth-order valence-electron chi connectivity index (χ4n) is 3.60. The molecule has 0 saturated heterocycles. The van der Waals surface area contributed by atoms with Crippen molar-refractivity contribution in [3.8, 4) is 34.2 Å². The van der Waals surface area contributed by atoms with E-state index in [-0.39, 0.29) is 29.0 Å². The molecule has 0 unspecified atom stereocenters. The maximum Gasteiger partial charge on any atom is 0.263 e. The fourth-order valence-corrected chi connectivity index (χ4v) is 3.60. The normalized spacial score (nSPS) is 12.8. The Morgan fingerprint density at radius 3 is 2.81 bits per heavy atom. The molecule has 8 heteroatoms. The number of pyridine rings is 2. The second kappa shape index (κ2) is 7.95. The van der Waals surface area contributed by atoms with Crippen molar-refractivity contribution < 1.29 is 13.5 Å². The molecule has 1 aliphatic rings. The Kier molecular flexibility index (Phi) is 5.17. The van der Waals surface area contributed by atoms with Gasteiger partial charge in [-0.05, 0) is 19.1 Å². The summed E-state index contributed by atoms with van der Waals surface area (Å²) in [6, 6.07) is 8.70. The van der Waals surface area contributed by atoms with Gasteiger partial charge in [0.15, 0.2) is 0 Å². The zero-order valence-corrected chi connectivity index (χ0v) is 16.7. The molecule has 31 heavy (non-hydrogen) atoms. The summed E-state index contributed by atoms with van der Waals surface area (Å²) in [6.07, 6.45) is 4.26. The number of hydrogen-bond donors (Lipinski definition) is 0. The van der Waals surface area contributed by atoms with E-state index in [4.69, 9.17) is 4.74 Å². The fraction of sp³-hybridized carbons (Fsp3) is 0.130. The topological polar surface area (TPSA) is 80.3 Å². The third-order valence-corrected chi connectivity index (χ3v) is 4.97. The Balaban J connectivity index is 2.14. The first-order valence-electron chi connectivity index (χ1n) is 9.35. The van der Waals surface area contributed by atoms with Crippen LogP contribution in [0.4, 0.5) is 8.78 Å². The largest absolute Gasteiger partial charge is 0.485 e. The summed E-state index contributed by atoms with van der Waals surface area (Å²) in [5.41, 5.74) is 1.38. The highest BCUT2D eigenvalue weighted by atomic mass is 19.1. The van der Waals surface area contributed by atoms with Crippen molar-refractivity contribution in [3.63, 3.8) is 0 Å². The van der Waals surface area contributed by atoms with Gasteiger partial charge < -0.3 is 4.74 Å². The van der Waals surface area contributed by atoms with Crippen LogP contribution in [0.3, 0.4) is 0 Å². The number of aromatic nitrogens is 2. The van der Waals surface area contributed by atoms with Gasteiger partial charge in [-0.1, -0.05) is 18.2 Å². The van der Waals surface area contributed by atoms with Gasteiger partial charge in [0.25, 0.3) is 5.56 Å². The summed E-state index contributed by atoms with van der Waals surface area (Å²) in [6.45, 7) is 1.74. The molecule has 6 nitrogen and oxygen atoms in total. The number of nitriles is 1. The van der Waals surface area contributed by atoms with Crippen LogP contribution in [0.25, 0.3) is 28.1 Å². The number of benzene rings is 1. The highest BCUT2D eigenvalue weighted by molar-refractivity contribution is 6.03. The molecule has 2 aromatic heterocycles. The van der Waals surface area contributed by atoms with E-state index in [1.165, 1.54) is 29.0 Å². The molecular weight excluding hydrogens is 402 g/mol. The Morgan fingerprint density at radius 1 is 1.29 bits per heavy atom. The molecule has 1 aliphatic heterocycles. The smallest absolute Gasteiger partial charge is 0.263 e. The lowest BCUT2D eigenvalue weighted by molar-refractivity contribution is 0.291. The number of ether oxygens (including phenoxy) is 1. The number of allylic oxidation sites excluding steroid dienone is 2. The molecule has 0 aliphatic carbocycles. The molecule has 0 radical (unpaired) electrons. The molecule has 154 valence electrons. The zero-order valence-electron chi connectivity index (χ0n) is 16.7. The Labute approximate surface area is 176 Å². The van der Waals surface area contributed by atoms with Crippen LogP contribution in [0, 0.1) is 23.0 Å². The average molecular weight is 418 g/mol. The zero-order chi connectivity index (χ0) is 22.1. The second-order valence-corrected chi connectivity index (χ2v) is 6.72. The van der Waals surface area contributed by atoms with Gasteiger partial charge in [-0.25, -0.2) is 13.8 Å². The molecule has 3 heterocycles. The van der Waals surface area contributed by atoms with Crippen molar-refractivity contribution in [2.75, 3.05) is 7.05 Å². The minimum atomic E-state index is -0.728. The van der Waals surface area contributed by atoms with Crippen LogP contribution in [-0.2, 0) is 6.61 Å². The van der Waals surface area contributed by atoms with E-state index < -0.39 is 17.2 Å². The summed E-state index contributed by atoms with van der Waals surface area (Å²) in [5.74, 6) is -1.05. The molecule has 1 aromatic carbocycles. The number of nitrogens with zero attached hydrogens (tertiary/aromatic N) is 4. The monoisotopic (exact) mass is 418 g/mol. The van der Waals surface area contributed by atoms with Gasteiger partial charge in [-0.15, -0.1) is 0 Å². The van der Waals surface area contributed by atoms with E-state index in [1.54, 1.807) is 26.1 Å². The van der Waals surface area contributed by atoms with E-state index >= 15 is 0 Å². The second-order valence-electron chi connectivity index (χ2n) is 6.72. The van der Waals surface area contributed by atoms with Gasteiger partial charge >= 0.3 is 0 Å². The number of fused-ring (bicyclic) bond motifs is 3. The van der Waals surface area contributed by atoms with Crippen LogP contribution in [0.1, 0.15) is 18.2 Å². The molecule has 3 aromatic rings. The summed E-state index contributed by atoms with van der Waals surface area (Å²) < 4.78 is 35.0. The standard InChI is InChI=1S/C23H16F2N4O2/c1-3-14(11-27-2)29-20-12-31-21-7-13(24)10-28-22(21)17(20)8-16(23(29)30)15-5-4-6-19(25)18(15)9-26/h3-8,10-11H,12H2,1-2H3/b14-3+,27-11-. The van der Waals surface area contributed by atoms with Crippen LogP contribution in [0.15, 0.2) is 52.4 Å². The van der Waals surface area contributed by atoms with Crippen LogP contribution in [0.5, 0.6) is 5.75 Å². The first-order valence-corrected chi connectivity index (χ1v) is 9.35.